The number of carboxylic acids is 2. The molecule has 6 N–H and O–H groups in total. The Balaban J connectivity index is 0.000000277. The van der Waals surface area contributed by atoms with Crippen LogP contribution in [-0.2, 0) is 12.8 Å². The van der Waals surface area contributed by atoms with E-state index in [1.54, 1.807) is 48.5 Å². The van der Waals surface area contributed by atoms with Crippen LogP contribution < -0.4 is 49.7 Å². The van der Waals surface area contributed by atoms with Crippen molar-refractivity contribution in [1.29, 1.82) is 0 Å². The Hall–Kier alpha value is -13.7. The highest BCUT2D eigenvalue weighted by Crippen LogP contribution is 2.44. The Bertz CT molecular complexity index is 4880. The van der Waals surface area contributed by atoms with Crippen LogP contribution in [0.1, 0.15) is 162 Å². The second-order valence-electron chi connectivity index (χ2n) is 28.9. The molecule has 640 valence electrons. The Morgan fingerprint density at radius 1 is 0.352 bits per heavy atom. The molecule has 10 aromatic rings. The fraction of sp³-hybridized carbons (Fsp3) is 0.340. The molecular formula is C94H110N14O14. The summed E-state index contributed by atoms with van der Waals surface area (Å²) in [5, 5.41) is 76.3. The van der Waals surface area contributed by atoms with Crippen molar-refractivity contribution >= 4 is 91.6 Å². The van der Waals surface area contributed by atoms with E-state index >= 15 is 0 Å². The minimum atomic E-state index is -1.05. The first kappa shape index (κ1) is 92.2. The van der Waals surface area contributed by atoms with Gasteiger partial charge in [-0.3, -0.25) is 20.2 Å². The average Bonchev–Trinajstić information content (AvgIpc) is 0.819. The summed E-state index contributed by atoms with van der Waals surface area (Å²) in [7, 11) is 6.00. The topological polar surface area (TPSA) is 374 Å². The van der Waals surface area contributed by atoms with Gasteiger partial charge >= 0.3 is 11.9 Å². The van der Waals surface area contributed by atoms with Gasteiger partial charge in [0.05, 0.1) is 74.1 Å². The maximum atomic E-state index is 12.2. The van der Waals surface area contributed by atoms with Crippen molar-refractivity contribution in [1.82, 2.24) is 0 Å². The molecule has 122 heavy (non-hydrogen) atoms. The van der Waals surface area contributed by atoms with Gasteiger partial charge in [0.1, 0.15) is 81.6 Å². The second-order valence-corrected chi connectivity index (χ2v) is 28.9. The van der Waals surface area contributed by atoms with Crippen molar-refractivity contribution in [2.24, 2.45) is 40.9 Å². The number of ether oxygens (including phenoxy) is 6. The first-order chi connectivity index (χ1) is 59.3. The number of rotatable bonds is 48. The smallest absolute Gasteiger partial charge is 0.339 e. The number of hydrogen-bond acceptors (Lipinski definition) is 24. The van der Waals surface area contributed by atoms with Gasteiger partial charge in [0.2, 0.25) is 0 Å². The third kappa shape index (κ3) is 27.7. The number of nitro groups is 2. The predicted octanol–water partition coefficient (Wildman–Crippen LogP) is 26.0. The van der Waals surface area contributed by atoms with Crippen LogP contribution in [0.5, 0.6) is 34.5 Å². The third-order valence-electron chi connectivity index (χ3n) is 20.6. The molecule has 0 bridgehead atoms. The highest BCUT2D eigenvalue weighted by molar-refractivity contribution is 5.93. The van der Waals surface area contributed by atoms with E-state index in [0.717, 1.165) is 81.8 Å². The number of benzene rings is 10. The third-order valence-corrected chi connectivity index (χ3v) is 20.6. The highest BCUT2D eigenvalue weighted by atomic mass is 16.6. The molecule has 0 fully saturated rings. The van der Waals surface area contributed by atoms with E-state index in [2.05, 4.69) is 76.7 Å². The quantitative estimate of drug-likeness (QED) is 0.00904. The maximum absolute atomic E-state index is 12.2. The molecule has 0 radical (unpaired) electrons. The second kappa shape index (κ2) is 48.4. The van der Waals surface area contributed by atoms with E-state index in [1.165, 1.54) is 167 Å². The Morgan fingerprint density at radius 3 is 0.910 bits per heavy atom. The Morgan fingerprint density at radius 2 is 0.631 bits per heavy atom. The van der Waals surface area contributed by atoms with Gasteiger partial charge < -0.3 is 59.9 Å². The van der Waals surface area contributed by atoms with Gasteiger partial charge in [-0.25, -0.2) is 9.59 Å². The number of non-ortho nitro benzene ring substituents is 2. The van der Waals surface area contributed by atoms with Crippen molar-refractivity contribution < 1.29 is 58.1 Å². The molecule has 10 aromatic carbocycles. The van der Waals surface area contributed by atoms with Crippen molar-refractivity contribution in [3.8, 4) is 56.8 Å². The minimum absolute atomic E-state index is 0.0430. The van der Waals surface area contributed by atoms with E-state index < -0.39 is 21.8 Å². The van der Waals surface area contributed by atoms with Crippen molar-refractivity contribution in [2.75, 3.05) is 89.1 Å². The standard InChI is InChI=1S/2C47H55N7O7/c2*1-5-7-8-9-10-11-12-13-14-35-29-33(16-26-41(35)48)34-15-25-40(47(55)56)44(30-34)61-28-27-53(6-2)38-21-17-36(18-22-38)49-51-42-31-46(60-4)43(32-45(42)59-3)52-50-37-19-23-39(24-20-37)54(57)58/h2*15-26,29-32H,5-14,27-28,48H2,1-4H3,(H,55,56). The molecule has 28 heteroatoms. The summed E-state index contributed by atoms with van der Waals surface area (Å²) < 4.78 is 34.5. The number of methoxy groups -OCH3 is 4. The molecule has 0 atom stereocenters. The largest absolute Gasteiger partial charge is 0.494 e. The number of carboxylic acid groups (broad SMARTS) is 2. The van der Waals surface area contributed by atoms with Gasteiger partial charge in [-0.2, -0.15) is 20.5 Å². The number of hydrogen-bond donors (Lipinski definition) is 4. The van der Waals surface area contributed by atoms with Crippen LogP contribution >= 0.6 is 0 Å². The summed E-state index contributed by atoms with van der Waals surface area (Å²) in [5.41, 5.74) is 25.8. The monoisotopic (exact) mass is 1660 g/mol. The SMILES string of the molecule is CCCCCCCCCCc1cc(-c2ccc(C(=O)O)c(OCCN(CC)c3ccc(N=Nc4cc(OC)c(N=Nc5ccc([N+](=O)[O-])cc5)cc4OC)cc3)c2)ccc1N.CCCCCCCCCCc1cc(-c2ccc(C(=O)O)c(OCCN(CC)c3ccc(N=Nc4cc(OC)c(N=Nc5ccc([N+](=O)[O-])cc5)cc4OC)cc3)c2)ccc1N. The molecule has 28 nitrogen and oxygen atoms in total. The first-order valence-electron chi connectivity index (χ1n) is 41.4. The van der Waals surface area contributed by atoms with Crippen LogP contribution in [0.25, 0.3) is 22.3 Å². The lowest BCUT2D eigenvalue weighted by atomic mass is 9.97. The van der Waals surface area contributed by atoms with Gasteiger partial charge in [-0.1, -0.05) is 128 Å². The van der Waals surface area contributed by atoms with Crippen molar-refractivity contribution in [3.05, 3.63) is 237 Å². The van der Waals surface area contributed by atoms with Crippen molar-refractivity contribution in [2.45, 2.75) is 143 Å². The predicted molar refractivity (Wildman–Crippen MR) is 481 cm³/mol. The Labute approximate surface area is 712 Å². The van der Waals surface area contributed by atoms with Crippen LogP contribution in [0.2, 0.25) is 0 Å². The van der Waals surface area contributed by atoms with Gasteiger partial charge in [0, 0.05) is 84.4 Å². The molecule has 0 aromatic heterocycles. The van der Waals surface area contributed by atoms with Gasteiger partial charge in [0.25, 0.3) is 11.4 Å². The zero-order valence-corrected chi connectivity index (χ0v) is 70.8. The van der Waals surface area contributed by atoms with Gasteiger partial charge in [0.15, 0.2) is 0 Å². The van der Waals surface area contributed by atoms with E-state index in [1.807, 2.05) is 98.8 Å². The summed E-state index contributed by atoms with van der Waals surface area (Å²) in [5.74, 6) is 0.0497. The summed E-state index contributed by atoms with van der Waals surface area (Å²) in [4.78, 5) is 49.6. The van der Waals surface area contributed by atoms with Crippen molar-refractivity contribution in [3.63, 3.8) is 0 Å². The minimum Gasteiger partial charge on any atom is -0.494 e. The molecule has 10 rings (SSSR count). The summed E-state index contributed by atoms with van der Waals surface area (Å²) in [6.45, 7) is 11.5. The first-order valence-corrected chi connectivity index (χ1v) is 41.4. The number of nitrogen functional groups attached to an aromatic ring is 2. The van der Waals surface area contributed by atoms with E-state index in [9.17, 15) is 40.0 Å². The van der Waals surface area contributed by atoms with Crippen LogP contribution in [0.15, 0.2) is 235 Å². The number of likely N-dealkylation sites (N-methyl/N-ethyl adjacent to an activating group) is 2. The van der Waals surface area contributed by atoms with Crippen LogP contribution in [0, 0.1) is 20.2 Å². The summed E-state index contributed by atoms with van der Waals surface area (Å²) in [6.07, 6.45) is 21.8. The number of anilines is 4. The zero-order chi connectivity index (χ0) is 87.1. The number of nitrogens with zero attached hydrogens (tertiary/aromatic N) is 12. The molecule has 0 aliphatic heterocycles. The lowest BCUT2D eigenvalue weighted by molar-refractivity contribution is -0.385. The molecule has 0 aliphatic carbocycles. The number of unbranched alkanes of at least 4 members (excludes halogenated alkanes) is 14. The highest BCUT2D eigenvalue weighted by Gasteiger charge is 2.20. The molecule has 0 heterocycles. The molecule has 0 aliphatic rings. The van der Waals surface area contributed by atoms with Gasteiger partial charge in [-0.05, 0) is 194 Å². The van der Waals surface area contributed by atoms with E-state index in [0.29, 0.717) is 106 Å². The number of carbonyl (C=O) groups is 2. The van der Waals surface area contributed by atoms with Crippen LogP contribution in [0.3, 0.4) is 0 Å². The summed E-state index contributed by atoms with van der Waals surface area (Å²) in [6, 6.07) is 55.5. The molecule has 0 spiro atoms. The fourth-order valence-corrected chi connectivity index (χ4v) is 13.6. The molecule has 0 saturated heterocycles. The lowest BCUT2D eigenvalue weighted by Crippen LogP contribution is -2.28. The lowest BCUT2D eigenvalue weighted by Gasteiger charge is -2.23. The maximum Gasteiger partial charge on any atom is 0.339 e. The number of aryl methyl sites for hydroxylation is 2. The molecule has 0 saturated carbocycles. The number of nitrogens with two attached hydrogens (primary N) is 2. The molecule has 0 amide bonds. The zero-order valence-electron chi connectivity index (χ0n) is 70.8. The average molecular weight is 1660 g/mol. The molecular weight excluding hydrogens is 1550 g/mol. The number of azo groups is 4. The van der Waals surface area contributed by atoms with Crippen LogP contribution in [0.4, 0.5) is 79.6 Å². The number of aromatic carboxylic acids is 2. The van der Waals surface area contributed by atoms with E-state index in [4.69, 9.17) is 39.9 Å². The van der Waals surface area contributed by atoms with Crippen LogP contribution in [-0.4, -0.2) is 99.8 Å². The summed E-state index contributed by atoms with van der Waals surface area (Å²) >= 11 is 0. The normalized spacial score (nSPS) is 11.3. The number of nitro benzene ring substituents is 2. The Kier molecular flexibility index (Phi) is 36.6. The van der Waals surface area contributed by atoms with Gasteiger partial charge in [-0.15, -0.1) is 20.5 Å². The fourth-order valence-electron chi connectivity index (χ4n) is 13.6. The molecule has 0 unspecified atom stereocenters. The van der Waals surface area contributed by atoms with E-state index in [-0.39, 0.29) is 35.7 Å².